The van der Waals surface area contributed by atoms with E-state index in [1.165, 1.54) is 55.6 Å². The maximum Gasteiger partial charge on any atom is 0.164 e. The lowest BCUT2D eigenvalue weighted by Crippen LogP contribution is -2.28. The van der Waals surface area contributed by atoms with Gasteiger partial charge in [-0.3, -0.25) is 0 Å². The highest BCUT2D eigenvalue weighted by Crippen LogP contribution is 2.58. The number of benzene rings is 10. The number of hydrogen-bond acceptors (Lipinski definition) is 3. The lowest BCUT2D eigenvalue weighted by Gasteiger charge is -2.34. The lowest BCUT2D eigenvalue weighted by atomic mass is 9.67. The molecule has 1 heterocycles. The van der Waals surface area contributed by atoms with E-state index < -0.39 is 5.41 Å². The van der Waals surface area contributed by atoms with Gasteiger partial charge in [-0.15, -0.1) is 0 Å². The second-order valence-electron chi connectivity index (χ2n) is 17.1. The largest absolute Gasteiger partial charge is 0.208 e. The van der Waals surface area contributed by atoms with Crippen molar-refractivity contribution in [1.29, 1.82) is 0 Å². The van der Waals surface area contributed by atoms with Crippen LogP contribution in [0.25, 0.3) is 89.8 Å². The third kappa shape index (κ3) is 7.15. The van der Waals surface area contributed by atoms with Gasteiger partial charge in [-0.25, -0.2) is 15.0 Å². The van der Waals surface area contributed by atoms with Gasteiger partial charge in [0.2, 0.25) is 0 Å². The zero-order chi connectivity index (χ0) is 44.6. The Balaban J connectivity index is 1.04. The van der Waals surface area contributed by atoms with Crippen LogP contribution < -0.4 is 0 Å². The minimum atomic E-state index is -0.535. The molecular weight excluding hydrogens is 811 g/mol. The minimum Gasteiger partial charge on any atom is -0.208 e. The Labute approximate surface area is 391 Å². The van der Waals surface area contributed by atoms with Crippen LogP contribution in [-0.4, -0.2) is 15.0 Å². The van der Waals surface area contributed by atoms with Gasteiger partial charge in [0.1, 0.15) is 0 Å². The first-order valence-corrected chi connectivity index (χ1v) is 22.8. The molecular formula is C64H43N3. The molecule has 0 N–H and O–H groups in total. The Hall–Kier alpha value is -8.79. The monoisotopic (exact) mass is 853 g/mol. The predicted octanol–water partition coefficient (Wildman–Crippen LogP) is 15.9. The summed E-state index contributed by atoms with van der Waals surface area (Å²) in [6.45, 7) is 0. The van der Waals surface area contributed by atoms with Gasteiger partial charge in [-0.05, 0) is 102 Å². The van der Waals surface area contributed by atoms with Gasteiger partial charge in [0.15, 0.2) is 17.5 Å². The summed E-state index contributed by atoms with van der Waals surface area (Å²) in [7, 11) is 0. The second-order valence-corrected chi connectivity index (χ2v) is 17.1. The van der Waals surface area contributed by atoms with E-state index in [9.17, 15) is 0 Å². The fraction of sp³-hybridized carbons (Fsp3) is 0.0156. The predicted molar refractivity (Wildman–Crippen MR) is 275 cm³/mol. The van der Waals surface area contributed by atoms with Crippen molar-refractivity contribution in [2.24, 2.45) is 0 Å². The van der Waals surface area contributed by atoms with Gasteiger partial charge in [-0.1, -0.05) is 237 Å². The van der Waals surface area contributed by atoms with E-state index in [1.54, 1.807) is 0 Å². The van der Waals surface area contributed by atoms with Gasteiger partial charge >= 0.3 is 0 Å². The van der Waals surface area contributed by atoms with Crippen LogP contribution in [0.4, 0.5) is 0 Å². The van der Waals surface area contributed by atoms with E-state index >= 15 is 0 Å². The Kier molecular flexibility index (Phi) is 10.1. The first-order chi connectivity index (χ1) is 33.2. The molecule has 0 aliphatic heterocycles. The van der Waals surface area contributed by atoms with E-state index in [-0.39, 0.29) is 0 Å². The topological polar surface area (TPSA) is 38.7 Å². The van der Waals surface area contributed by atoms with E-state index in [4.69, 9.17) is 15.0 Å². The van der Waals surface area contributed by atoms with Crippen LogP contribution >= 0.6 is 0 Å². The van der Waals surface area contributed by atoms with Crippen LogP contribution in [0.2, 0.25) is 0 Å². The molecule has 1 aromatic heterocycles. The summed E-state index contributed by atoms with van der Waals surface area (Å²) in [5.41, 5.74) is 19.1. The van der Waals surface area contributed by atoms with Gasteiger partial charge < -0.3 is 0 Å². The summed E-state index contributed by atoms with van der Waals surface area (Å²) in [4.78, 5) is 15.1. The highest BCUT2D eigenvalue weighted by Gasteiger charge is 2.46. The second kappa shape index (κ2) is 17.0. The molecule has 0 amide bonds. The molecule has 0 saturated heterocycles. The smallest absolute Gasteiger partial charge is 0.164 e. The van der Waals surface area contributed by atoms with Crippen LogP contribution in [0.5, 0.6) is 0 Å². The number of fused-ring (bicyclic) bond motifs is 3. The summed E-state index contributed by atoms with van der Waals surface area (Å²) >= 11 is 0. The molecule has 12 rings (SSSR count). The van der Waals surface area contributed by atoms with Crippen LogP contribution in [0, 0.1) is 0 Å². The molecule has 67 heavy (non-hydrogen) atoms. The van der Waals surface area contributed by atoms with Crippen molar-refractivity contribution in [1.82, 2.24) is 15.0 Å². The van der Waals surface area contributed by atoms with Gasteiger partial charge in [0, 0.05) is 16.7 Å². The Morgan fingerprint density at radius 1 is 0.209 bits per heavy atom. The lowest BCUT2D eigenvalue weighted by molar-refractivity contribution is 0.769. The molecule has 11 aromatic rings. The molecule has 314 valence electrons. The molecule has 0 unspecified atom stereocenters. The summed E-state index contributed by atoms with van der Waals surface area (Å²) in [5, 5.41) is 0. The highest BCUT2D eigenvalue weighted by atomic mass is 15.0. The summed E-state index contributed by atoms with van der Waals surface area (Å²) in [5.74, 6) is 1.91. The van der Waals surface area contributed by atoms with Crippen LogP contribution in [0.3, 0.4) is 0 Å². The van der Waals surface area contributed by atoms with Crippen molar-refractivity contribution in [3.05, 3.63) is 283 Å². The van der Waals surface area contributed by atoms with Gasteiger partial charge in [0.25, 0.3) is 0 Å². The normalized spacial score (nSPS) is 12.3. The number of rotatable bonds is 9. The fourth-order valence-corrected chi connectivity index (χ4v) is 10.1. The van der Waals surface area contributed by atoms with Crippen LogP contribution in [-0.2, 0) is 5.41 Å². The molecule has 10 aromatic carbocycles. The molecule has 0 bridgehead atoms. The molecule has 1 aliphatic rings. The van der Waals surface area contributed by atoms with E-state index in [0.717, 1.165) is 38.9 Å². The molecule has 3 nitrogen and oxygen atoms in total. The van der Waals surface area contributed by atoms with Crippen molar-refractivity contribution in [2.45, 2.75) is 5.41 Å². The van der Waals surface area contributed by atoms with E-state index in [2.05, 4.69) is 200 Å². The summed E-state index contributed by atoms with van der Waals surface area (Å²) in [6.07, 6.45) is 0. The zero-order valence-electron chi connectivity index (χ0n) is 36.7. The van der Waals surface area contributed by atoms with Crippen molar-refractivity contribution in [3.8, 4) is 89.8 Å². The molecule has 0 spiro atoms. The molecule has 0 fully saturated rings. The number of aromatic nitrogens is 3. The molecule has 0 radical (unpaired) electrons. The fourth-order valence-electron chi connectivity index (χ4n) is 10.1. The Bertz CT molecular complexity index is 3440. The van der Waals surface area contributed by atoms with Crippen molar-refractivity contribution in [3.63, 3.8) is 0 Å². The van der Waals surface area contributed by atoms with Crippen molar-refractivity contribution < 1.29 is 0 Å². The van der Waals surface area contributed by atoms with Gasteiger partial charge in [0.05, 0.1) is 5.41 Å². The number of nitrogens with zero attached hydrogens (tertiary/aromatic N) is 3. The zero-order valence-corrected chi connectivity index (χ0v) is 36.7. The van der Waals surface area contributed by atoms with Crippen LogP contribution in [0.1, 0.15) is 22.3 Å². The average Bonchev–Trinajstić information content (AvgIpc) is 3.72. The maximum atomic E-state index is 5.06. The molecule has 1 aliphatic carbocycles. The first kappa shape index (κ1) is 39.8. The summed E-state index contributed by atoms with van der Waals surface area (Å²) in [6, 6.07) is 93.5. The quantitative estimate of drug-likeness (QED) is 0.145. The number of hydrogen-bond donors (Lipinski definition) is 0. The first-order valence-electron chi connectivity index (χ1n) is 22.8. The third-order valence-corrected chi connectivity index (χ3v) is 13.2. The molecule has 3 heteroatoms. The standard InChI is InChI=1S/C64H43N3/c1-6-20-44(21-7-1)45-36-38-46(39-37-45)56-42-58-55-34-16-17-35-59(55)64(53-30-12-4-13-31-53,54-32-14-5-15-33-54)60(58)43-57(56)51-28-18-26-49(40-51)50-27-19-29-52(41-50)63-66-61(47-22-8-2-9-23-47)65-62(67-63)48-24-10-3-11-25-48/h1-43H. The van der Waals surface area contributed by atoms with Crippen molar-refractivity contribution >= 4 is 0 Å². The molecule has 0 saturated carbocycles. The van der Waals surface area contributed by atoms with Gasteiger partial charge in [-0.2, -0.15) is 0 Å². The minimum absolute atomic E-state index is 0.535. The van der Waals surface area contributed by atoms with E-state index in [1.807, 2.05) is 60.7 Å². The Morgan fingerprint density at radius 2 is 0.597 bits per heavy atom. The Morgan fingerprint density at radius 3 is 1.16 bits per heavy atom. The van der Waals surface area contributed by atoms with E-state index in [0.29, 0.717) is 17.5 Å². The highest BCUT2D eigenvalue weighted by molar-refractivity contribution is 5.96. The maximum absolute atomic E-state index is 5.06. The van der Waals surface area contributed by atoms with Crippen LogP contribution in [0.15, 0.2) is 261 Å². The third-order valence-electron chi connectivity index (χ3n) is 13.2. The molecule has 0 atom stereocenters. The average molecular weight is 854 g/mol. The van der Waals surface area contributed by atoms with Crippen molar-refractivity contribution in [2.75, 3.05) is 0 Å². The summed E-state index contributed by atoms with van der Waals surface area (Å²) < 4.78 is 0. The SMILES string of the molecule is c1ccc(-c2ccc(-c3cc4c(cc3-c3cccc(-c5cccc(-c6nc(-c7ccccc7)nc(-c7ccccc7)n6)c5)c3)C(c3ccccc3)(c3ccccc3)c3ccccc3-4)cc2)cc1.